The number of anilines is 1. The third-order valence-corrected chi connectivity index (χ3v) is 3.88. The van der Waals surface area contributed by atoms with Gasteiger partial charge in [-0.1, -0.05) is 29.3 Å². The van der Waals surface area contributed by atoms with Crippen LogP contribution in [0.4, 0.5) is 5.69 Å². The van der Waals surface area contributed by atoms with Crippen LogP contribution in [0.1, 0.15) is 21.5 Å². The molecule has 0 bridgehead atoms. The number of hydrogen-bond donors (Lipinski definition) is 1. The molecule has 4 nitrogen and oxygen atoms in total. The minimum absolute atomic E-state index is 0.309. The smallest absolute Gasteiger partial charge is 0.338 e. The minimum Gasteiger partial charge on any atom is -0.452 e. The van der Waals surface area contributed by atoms with Crippen LogP contribution in [-0.4, -0.2) is 18.5 Å². The lowest BCUT2D eigenvalue weighted by molar-refractivity contribution is -0.119. The summed E-state index contributed by atoms with van der Waals surface area (Å²) in [6.07, 6.45) is 0. The third-order valence-electron chi connectivity index (χ3n) is 2.94. The summed E-state index contributed by atoms with van der Waals surface area (Å²) in [6, 6.07) is 12.9. The maximum Gasteiger partial charge on any atom is 0.338 e. The van der Waals surface area contributed by atoms with E-state index in [0.717, 1.165) is 14.7 Å². The van der Waals surface area contributed by atoms with E-state index >= 15 is 0 Å². The first-order valence-electron chi connectivity index (χ1n) is 6.75. The molecule has 2 aromatic carbocycles. The summed E-state index contributed by atoms with van der Waals surface area (Å²) in [5, 5.41) is 2.72. The fraction of sp³-hybridized carbons (Fsp3) is 0.176. The second-order valence-electron chi connectivity index (χ2n) is 4.98. The monoisotopic (exact) mass is 409 g/mol. The molecule has 0 fully saturated rings. The highest BCUT2D eigenvalue weighted by molar-refractivity contribution is 14.1. The Bertz CT molecular complexity index is 693. The highest BCUT2D eigenvalue weighted by Gasteiger charge is 2.12. The van der Waals surface area contributed by atoms with E-state index in [9.17, 15) is 9.59 Å². The predicted molar refractivity (Wildman–Crippen MR) is 94.0 cm³/mol. The summed E-state index contributed by atoms with van der Waals surface area (Å²) in [7, 11) is 0. The number of halogens is 1. The molecule has 5 heteroatoms. The van der Waals surface area contributed by atoms with Crippen molar-refractivity contribution >= 4 is 40.2 Å². The molecule has 2 rings (SSSR count). The van der Waals surface area contributed by atoms with E-state index in [-0.39, 0.29) is 12.5 Å². The molecule has 1 N–H and O–H groups in total. The van der Waals surface area contributed by atoms with Gasteiger partial charge in [-0.2, -0.15) is 0 Å². The van der Waals surface area contributed by atoms with Gasteiger partial charge < -0.3 is 10.1 Å². The van der Waals surface area contributed by atoms with Gasteiger partial charge in [-0.25, -0.2) is 4.79 Å². The fourth-order valence-electron chi connectivity index (χ4n) is 2.06. The molecule has 114 valence electrons. The van der Waals surface area contributed by atoms with Crippen molar-refractivity contribution in [3.05, 3.63) is 62.7 Å². The number of esters is 1. The first-order valence-corrected chi connectivity index (χ1v) is 7.83. The Hall–Kier alpha value is -1.89. The van der Waals surface area contributed by atoms with Crippen molar-refractivity contribution in [1.29, 1.82) is 0 Å². The van der Waals surface area contributed by atoms with E-state index in [1.54, 1.807) is 18.2 Å². The fourth-order valence-corrected chi connectivity index (χ4v) is 2.58. The molecule has 0 aliphatic rings. The van der Waals surface area contributed by atoms with E-state index in [2.05, 4.69) is 27.9 Å². The largest absolute Gasteiger partial charge is 0.452 e. The van der Waals surface area contributed by atoms with Crippen LogP contribution in [0.2, 0.25) is 0 Å². The van der Waals surface area contributed by atoms with Gasteiger partial charge in [0.25, 0.3) is 5.91 Å². The molecule has 1 amide bonds. The van der Waals surface area contributed by atoms with Gasteiger partial charge in [0.1, 0.15) is 0 Å². The van der Waals surface area contributed by atoms with Gasteiger partial charge >= 0.3 is 5.97 Å². The average molecular weight is 409 g/mol. The van der Waals surface area contributed by atoms with Crippen LogP contribution >= 0.6 is 22.6 Å². The lowest BCUT2D eigenvalue weighted by atomic mass is 10.1. The lowest BCUT2D eigenvalue weighted by Crippen LogP contribution is -2.21. The van der Waals surface area contributed by atoms with Crippen molar-refractivity contribution in [3.63, 3.8) is 0 Å². The first kappa shape index (κ1) is 16.5. The molecule has 0 aliphatic carbocycles. The molecule has 0 heterocycles. The maximum absolute atomic E-state index is 12.0. The molecular weight excluding hydrogens is 393 g/mol. The number of ether oxygens (including phenoxy) is 1. The van der Waals surface area contributed by atoms with Crippen LogP contribution in [0.25, 0.3) is 0 Å². The number of nitrogens with one attached hydrogen (secondary N) is 1. The Kier molecular flexibility index (Phi) is 5.54. The number of hydrogen-bond acceptors (Lipinski definition) is 3. The summed E-state index contributed by atoms with van der Waals surface area (Å²) in [6.45, 7) is 3.51. The number of carbonyl (C=O) groups is 2. The second-order valence-corrected chi connectivity index (χ2v) is 6.14. The predicted octanol–water partition coefficient (Wildman–Crippen LogP) is 3.70. The van der Waals surface area contributed by atoms with Gasteiger partial charge in [0.05, 0.1) is 11.3 Å². The standard InChI is InChI=1S/C17H16INO3/c1-11-7-12(2)9-13(8-11)17(21)22-10-16(20)19-15-6-4-3-5-14(15)18/h3-9H,10H2,1-2H3,(H,19,20). The number of amides is 1. The molecule has 0 aliphatic heterocycles. The first-order chi connectivity index (χ1) is 10.5. The van der Waals surface area contributed by atoms with Crippen LogP contribution in [-0.2, 0) is 9.53 Å². The average Bonchev–Trinajstić information content (AvgIpc) is 2.46. The van der Waals surface area contributed by atoms with E-state index < -0.39 is 5.97 Å². The summed E-state index contributed by atoms with van der Waals surface area (Å²) in [4.78, 5) is 23.8. The summed E-state index contributed by atoms with van der Waals surface area (Å²) in [5.41, 5.74) is 3.13. The molecule has 0 unspecified atom stereocenters. The Labute approximate surface area is 143 Å². The SMILES string of the molecule is Cc1cc(C)cc(C(=O)OCC(=O)Nc2ccccc2I)c1. The van der Waals surface area contributed by atoms with E-state index in [0.29, 0.717) is 11.3 Å². The number of rotatable bonds is 4. The second kappa shape index (κ2) is 7.40. The van der Waals surface area contributed by atoms with Gasteiger partial charge in [0, 0.05) is 3.57 Å². The van der Waals surface area contributed by atoms with Crippen molar-refractivity contribution in [3.8, 4) is 0 Å². The van der Waals surface area contributed by atoms with Crippen molar-refractivity contribution in [2.75, 3.05) is 11.9 Å². The van der Waals surface area contributed by atoms with Gasteiger partial charge in [-0.3, -0.25) is 4.79 Å². The van der Waals surface area contributed by atoms with Crippen molar-refractivity contribution in [2.24, 2.45) is 0 Å². The molecule has 0 radical (unpaired) electrons. The lowest BCUT2D eigenvalue weighted by Gasteiger charge is -2.08. The van der Waals surface area contributed by atoms with Crippen LogP contribution in [0.5, 0.6) is 0 Å². The quantitative estimate of drug-likeness (QED) is 0.619. The van der Waals surface area contributed by atoms with Crippen LogP contribution in [0.3, 0.4) is 0 Å². The maximum atomic E-state index is 12.0. The molecule has 0 atom stereocenters. The molecule has 0 saturated heterocycles. The van der Waals surface area contributed by atoms with E-state index in [1.807, 2.05) is 38.1 Å². The van der Waals surface area contributed by atoms with Gasteiger partial charge in [-0.15, -0.1) is 0 Å². The number of carbonyl (C=O) groups excluding carboxylic acids is 2. The van der Waals surface area contributed by atoms with Crippen LogP contribution < -0.4 is 5.32 Å². The topological polar surface area (TPSA) is 55.4 Å². The summed E-state index contributed by atoms with van der Waals surface area (Å²) < 4.78 is 5.98. The molecular formula is C17H16INO3. The van der Waals surface area contributed by atoms with Crippen molar-refractivity contribution in [1.82, 2.24) is 0 Å². The summed E-state index contributed by atoms with van der Waals surface area (Å²) >= 11 is 2.13. The van der Waals surface area contributed by atoms with Crippen molar-refractivity contribution < 1.29 is 14.3 Å². The van der Waals surface area contributed by atoms with E-state index in [1.165, 1.54) is 0 Å². The van der Waals surface area contributed by atoms with Gasteiger partial charge in [0.2, 0.25) is 0 Å². The Morgan fingerprint density at radius 1 is 1.09 bits per heavy atom. The minimum atomic E-state index is -0.496. The van der Waals surface area contributed by atoms with E-state index in [4.69, 9.17) is 4.74 Å². The highest BCUT2D eigenvalue weighted by atomic mass is 127. The highest BCUT2D eigenvalue weighted by Crippen LogP contribution is 2.16. The number of aryl methyl sites for hydroxylation is 2. The third kappa shape index (κ3) is 4.56. The van der Waals surface area contributed by atoms with Gasteiger partial charge in [-0.05, 0) is 60.7 Å². The van der Waals surface area contributed by atoms with Crippen molar-refractivity contribution in [2.45, 2.75) is 13.8 Å². The normalized spacial score (nSPS) is 10.1. The van der Waals surface area contributed by atoms with Crippen LogP contribution in [0.15, 0.2) is 42.5 Å². The molecule has 2 aromatic rings. The summed E-state index contributed by atoms with van der Waals surface area (Å²) in [5.74, 6) is -0.855. The zero-order chi connectivity index (χ0) is 16.1. The zero-order valence-electron chi connectivity index (χ0n) is 12.4. The molecule has 0 spiro atoms. The molecule has 0 saturated carbocycles. The Morgan fingerprint density at radius 2 is 1.73 bits per heavy atom. The van der Waals surface area contributed by atoms with Gasteiger partial charge in [0.15, 0.2) is 6.61 Å². The molecule has 0 aromatic heterocycles. The zero-order valence-corrected chi connectivity index (χ0v) is 14.5. The Morgan fingerprint density at radius 3 is 2.36 bits per heavy atom. The number of para-hydroxylation sites is 1. The number of benzene rings is 2. The molecule has 22 heavy (non-hydrogen) atoms. The Balaban J connectivity index is 1.93. The van der Waals surface area contributed by atoms with Crippen LogP contribution in [0, 0.1) is 17.4 Å².